The highest BCUT2D eigenvalue weighted by Crippen LogP contribution is 2.34. The van der Waals surface area contributed by atoms with E-state index in [1.165, 1.54) is 28.4 Å². The standard InChI is InChI=1S/C16H25BrN2/c1-11-6-7-14(15(17)9-11)16(10-18)19-8-4-5-12(2)13(19)3/h6-7,9,12-13,16H,4-5,8,10,18H2,1-3H3. The van der Waals surface area contributed by atoms with E-state index in [-0.39, 0.29) is 0 Å². The van der Waals surface area contributed by atoms with Crippen molar-refractivity contribution in [3.05, 3.63) is 33.8 Å². The first-order chi connectivity index (χ1) is 9.04. The number of rotatable bonds is 3. The number of aryl methyl sites for hydroxylation is 1. The first-order valence-electron chi connectivity index (χ1n) is 7.26. The van der Waals surface area contributed by atoms with E-state index in [9.17, 15) is 0 Å². The van der Waals surface area contributed by atoms with Gasteiger partial charge in [-0.05, 0) is 56.3 Å². The van der Waals surface area contributed by atoms with Crippen LogP contribution in [0, 0.1) is 12.8 Å². The molecule has 0 amide bonds. The summed E-state index contributed by atoms with van der Waals surface area (Å²) in [5, 5.41) is 0. The molecular formula is C16H25BrN2. The van der Waals surface area contributed by atoms with Crippen molar-refractivity contribution in [3.8, 4) is 0 Å². The van der Waals surface area contributed by atoms with Crippen LogP contribution in [0.25, 0.3) is 0 Å². The Morgan fingerprint density at radius 1 is 1.42 bits per heavy atom. The number of halogens is 1. The number of benzene rings is 1. The largest absolute Gasteiger partial charge is 0.329 e. The van der Waals surface area contributed by atoms with Crippen LogP contribution < -0.4 is 5.73 Å². The van der Waals surface area contributed by atoms with Gasteiger partial charge in [0.2, 0.25) is 0 Å². The predicted octanol–water partition coefficient (Wildman–Crippen LogP) is 3.88. The molecule has 3 heteroatoms. The van der Waals surface area contributed by atoms with E-state index in [4.69, 9.17) is 5.73 Å². The second kappa shape index (κ2) is 6.38. The molecule has 0 saturated carbocycles. The van der Waals surface area contributed by atoms with Crippen LogP contribution >= 0.6 is 15.9 Å². The second-order valence-electron chi connectivity index (χ2n) is 5.87. The molecular weight excluding hydrogens is 300 g/mol. The lowest BCUT2D eigenvalue weighted by molar-refractivity contribution is 0.0707. The third-order valence-electron chi connectivity index (χ3n) is 4.56. The Morgan fingerprint density at radius 2 is 2.16 bits per heavy atom. The maximum Gasteiger partial charge on any atom is 0.0484 e. The Labute approximate surface area is 125 Å². The van der Waals surface area contributed by atoms with Crippen molar-refractivity contribution in [2.24, 2.45) is 11.7 Å². The van der Waals surface area contributed by atoms with Crippen molar-refractivity contribution in [3.63, 3.8) is 0 Å². The van der Waals surface area contributed by atoms with Gasteiger partial charge < -0.3 is 5.73 Å². The predicted molar refractivity (Wildman–Crippen MR) is 85.2 cm³/mol. The summed E-state index contributed by atoms with van der Waals surface area (Å²) in [6.45, 7) is 8.66. The molecule has 2 rings (SSSR count). The van der Waals surface area contributed by atoms with Crippen LogP contribution in [-0.2, 0) is 0 Å². The van der Waals surface area contributed by atoms with E-state index in [1.807, 2.05) is 0 Å². The van der Waals surface area contributed by atoms with Crippen molar-refractivity contribution >= 4 is 15.9 Å². The molecule has 0 aliphatic carbocycles. The van der Waals surface area contributed by atoms with Gasteiger partial charge >= 0.3 is 0 Å². The SMILES string of the molecule is Cc1ccc(C(CN)N2CCCC(C)C2C)c(Br)c1. The number of hydrogen-bond acceptors (Lipinski definition) is 2. The van der Waals surface area contributed by atoms with Gasteiger partial charge in [0.1, 0.15) is 0 Å². The Bertz CT molecular complexity index is 433. The van der Waals surface area contributed by atoms with Crippen molar-refractivity contribution in [1.29, 1.82) is 0 Å². The van der Waals surface area contributed by atoms with E-state index in [1.54, 1.807) is 0 Å². The lowest BCUT2D eigenvalue weighted by Crippen LogP contribution is -2.46. The summed E-state index contributed by atoms with van der Waals surface area (Å²) in [6, 6.07) is 7.53. The minimum Gasteiger partial charge on any atom is -0.329 e. The molecule has 19 heavy (non-hydrogen) atoms. The van der Waals surface area contributed by atoms with Gasteiger partial charge in [-0.2, -0.15) is 0 Å². The quantitative estimate of drug-likeness (QED) is 0.914. The Balaban J connectivity index is 2.28. The molecule has 106 valence electrons. The third kappa shape index (κ3) is 3.21. The topological polar surface area (TPSA) is 29.3 Å². The minimum atomic E-state index is 0.327. The normalized spacial score (nSPS) is 26.4. The van der Waals surface area contributed by atoms with Crippen molar-refractivity contribution in [2.75, 3.05) is 13.1 Å². The summed E-state index contributed by atoms with van der Waals surface area (Å²) >= 11 is 3.71. The minimum absolute atomic E-state index is 0.327. The van der Waals surface area contributed by atoms with Crippen LogP contribution in [0.2, 0.25) is 0 Å². The van der Waals surface area contributed by atoms with E-state index < -0.39 is 0 Å². The fourth-order valence-electron chi connectivity index (χ4n) is 3.15. The zero-order valence-corrected chi connectivity index (χ0v) is 13.8. The van der Waals surface area contributed by atoms with Crippen LogP contribution in [-0.4, -0.2) is 24.0 Å². The van der Waals surface area contributed by atoms with Gasteiger partial charge in [-0.25, -0.2) is 0 Å². The molecule has 1 heterocycles. The van der Waals surface area contributed by atoms with Crippen molar-refractivity contribution in [1.82, 2.24) is 4.90 Å². The lowest BCUT2D eigenvalue weighted by Gasteiger charge is -2.43. The van der Waals surface area contributed by atoms with Gasteiger partial charge in [0, 0.05) is 23.1 Å². The molecule has 3 atom stereocenters. The van der Waals surface area contributed by atoms with Gasteiger partial charge in [-0.3, -0.25) is 4.90 Å². The van der Waals surface area contributed by atoms with Gasteiger partial charge in [-0.1, -0.05) is 35.0 Å². The van der Waals surface area contributed by atoms with E-state index in [0.717, 1.165) is 12.5 Å². The molecule has 2 N–H and O–H groups in total. The molecule has 0 radical (unpaired) electrons. The summed E-state index contributed by atoms with van der Waals surface area (Å²) in [5.41, 5.74) is 8.70. The first-order valence-corrected chi connectivity index (χ1v) is 8.05. The molecule has 3 unspecified atom stereocenters. The van der Waals surface area contributed by atoms with Crippen LogP contribution in [0.4, 0.5) is 0 Å². The molecule has 0 spiro atoms. The van der Waals surface area contributed by atoms with E-state index in [0.29, 0.717) is 18.6 Å². The first kappa shape index (κ1) is 15.0. The summed E-state index contributed by atoms with van der Waals surface area (Å²) in [7, 11) is 0. The van der Waals surface area contributed by atoms with Crippen LogP contribution in [0.15, 0.2) is 22.7 Å². The highest BCUT2D eigenvalue weighted by molar-refractivity contribution is 9.10. The van der Waals surface area contributed by atoms with Gasteiger partial charge in [0.25, 0.3) is 0 Å². The fraction of sp³-hybridized carbons (Fsp3) is 0.625. The van der Waals surface area contributed by atoms with E-state index in [2.05, 4.69) is 59.8 Å². The maximum atomic E-state index is 6.09. The number of likely N-dealkylation sites (tertiary alicyclic amines) is 1. The monoisotopic (exact) mass is 324 g/mol. The molecule has 1 saturated heterocycles. The second-order valence-corrected chi connectivity index (χ2v) is 6.73. The van der Waals surface area contributed by atoms with Crippen molar-refractivity contribution < 1.29 is 0 Å². The number of piperidine rings is 1. The summed E-state index contributed by atoms with van der Waals surface area (Å²) in [5.74, 6) is 0.757. The Kier molecular flexibility index (Phi) is 5.04. The van der Waals surface area contributed by atoms with Gasteiger partial charge in [-0.15, -0.1) is 0 Å². The maximum absolute atomic E-state index is 6.09. The molecule has 1 aliphatic heterocycles. The Hall–Kier alpha value is -0.380. The zero-order chi connectivity index (χ0) is 14.0. The average Bonchev–Trinajstić information content (AvgIpc) is 2.37. The summed E-state index contributed by atoms with van der Waals surface area (Å²) < 4.78 is 1.19. The highest BCUT2D eigenvalue weighted by atomic mass is 79.9. The smallest absolute Gasteiger partial charge is 0.0484 e. The molecule has 1 aromatic carbocycles. The average molecular weight is 325 g/mol. The van der Waals surface area contributed by atoms with Crippen molar-refractivity contribution in [2.45, 2.75) is 45.7 Å². The summed E-state index contributed by atoms with van der Waals surface area (Å²) in [4.78, 5) is 2.59. The van der Waals surface area contributed by atoms with E-state index >= 15 is 0 Å². The number of nitrogens with zero attached hydrogens (tertiary/aromatic N) is 1. The number of nitrogens with two attached hydrogens (primary N) is 1. The summed E-state index contributed by atoms with van der Waals surface area (Å²) in [6.07, 6.45) is 2.62. The van der Waals surface area contributed by atoms with Crippen LogP contribution in [0.5, 0.6) is 0 Å². The fourth-order valence-corrected chi connectivity index (χ4v) is 3.91. The third-order valence-corrected chi connectivity index (χ3v) is 5.25. The Morgan fingerprint density at radius 3 is 2.79 bits per heavy atom. The van der Waals surface area contributed by atoms with Crippen LogP contribution in [0.3, 0.4) is 0 Å². The van der Waals surface area contributed by atoms with Gasteiger partial charge in [0.05, 0.1) is 0 Å². The molecule has 1 fully saturated rings. The van der Waals surface area contributed by atoms with Crippen LogP contribution in [0.1, 0.15) is 43.9 Å². The molecule has 0 aromatic heterocycles. The zero-order valence-electron chi connectivity index (χ0n) is 12.2. The lowest BCUT2D eigenvalue weighted by atomic mass is 9.89. The highest BCUT2D eigenvalue weighted by Gasteiger charge is 2.31. The number of hydrogen-bond donors (Lipinski definition) is 1. The molecule has 0 bridgehead atoms. The molecule has 2 nitrogen and oxygen atoms in total. The molecule has 1 aliphatic rings. The molecule has 1 aromatic rings. The van der Waals surface area contributed by atoms with Gasteiger partial charge in [0.15, 0.2) is 0 Å².